The van der Waals surface area contributed by atoms with Crippen LogP contribution in [0.2, 0.25) is 0 Å². The minimum atomic E-state index is 0.896. The third-order valence-electron chi connectivity index (χ3n) is 2.14. The molecule has 1 rings (SSSR count). The van der Waals surface area contributed by atoms with Gasteiger partial charge in [-0.1, -0.05) is 0 Å². The molecule has 0 bridgehead atoms. The summed E-state index contributed by atoms with van der Waals surface area (Å²) in [5.74, 6) is 1.25. The van der Waals surface area contributed by atoms with Gasteiger partial charge in [-0.15, -0.1) is 0 Å². The van der Waals surface area contributed by atoms with E-state index in [0.717, 1.165) is 22.5 Å². The van der Waals surface area contributed by atoms with Crippen molar-refractivity contribution in [3.05, 3.63) is 22.4 Å². The summed E-state index contributed by atoms with van der Waals surface area (Å²) in [4.78, 5) is 4.34. The molecular formula is C11H17BrN2S. The van der Waals surface area contributed by atoms with E-state index in [0.29, 0.717) is 0 Å². The van der Waals surface area contributed by atoms with E-state index < -0.39 is 0 Å². The normalized spacial score (nSPS) is 10.3. The summed E-state index contributed by atoms with van der Waals surface area (Å²) in [7, 11) is 0. The third-order valence-corrected chi connectivity index (χ3v) is 3.28. The number of hydrogen-bond donors (Lipinski definition) is 1. The minimum Gasteiger partial charge on any atom is -0.384 e. The number of nitrogens with one attached hydrogen (secondary N) is 1. The molecule has 15 heavy (non-hydrogen) atoms. The van der Waals surface area contributed by atoms with Gasteiger partial charge >= 0.3 is 0 Å². The Morgan fingerprint density at radius 2 is 2.20 bits per heavy atom. The van der Waals surface area contributed by atoms with Crippen molar-refractivity contribution in [1.82, 2.24) is 4.98 Å². The first-order valence-electron chi connectivity index (χ1n) is 5.10. The number of hydrogen-bond acceptors (Lipinski definition) is 3. The second kappa shape index (κ2) is 7.12. The Kier molecular flexibility index (Phi) is 6.10. The largest absolute Gasteiger partial charge is 0.384 e. The van der Waals surface area contributed by atoms with Crippen molar-refractivity contribution in [2.45, 2.75) is 19.8 Å². The van der Waals surface area contributed by atoms with Crippen LogP contribution < -0.4 is 5.32 Å². The van der Waals surface area contributed by atoms with Crippen LogP contribution >= 0.6 is 27.7 Å². The highest BCUT2D eigenvalue weighted by molar-refractivity contribution is 9.10. The Hall–Kier alpha value is -0.220. The average Bonchev–Trinajstić information content (AvgIpc) is 2.20. The fourth-order valence-corrected chi connectivity index (χ4v) is 2.20. The van der Waals surface area contributed by atoms with E-state index in [2.05, 4.69) is 38.6 Å². The first-order chi connectivity index (χ1) is 7.24. The van der Waals surface area contributed by atoms with Gasteiger partial charge < -0.3 is 5.32 Å². The monoisotopic (exact) mass is 288 g/mol. The van der Waals surface area contributed by atoms with Crippen LogP contribution in [0.1, 0.15) is 18.5 Å². The van der Waals surface area contributed by atoms with Crippen LogP contribution in [-0.4, -0.2) is 23.5 Å². The Morgan fingerprint density at radius 3 is 2.87 bits per heavy atom. The van der Waals surface area contributed by atoms with Crippen LogP contribution in [0.4, 0.5) is 5.69 Å². The first kappa shape index (κ1) is 12.8. The van der Waals surface area contributed by atoms with Gasteiger partial charge in [0.25, 0.3) is 0 Å². The molecular weight excluding hydrogens is 272 g/mol. The molecule has 0 aliphatic heterocycles. The topological polar surface area (TPSA) is 24.9 Å². The summed E-state index contributed by atoms with van der Waals surface area (Å²) in [6, 6.07) is 4.04. The molecule has 0 aliphatic carbocycles. The van der Waals surface area contributed by atoms with Gasteiger partial charge in [0.2, 0.25) is 0 Å². The number of aromatic nitrogens is 1. The fourth-order valence-electron chi connectivity index (χ4n) is 1.31. The Bertz CT molecular complexity index is 305. The molecule has 0 atom stereocenters. The van der Waals surface area contributed by atoms with Crippen LogP contribution in [0, 0.1) is 6.92 Å². The summed E-state index contributed by atoms with van der Waals surface area (Å²) < 4.78 is 0.896. The zero-order chi connectivity index (χ0) is 11.1. The van der Waals surface area contributed by atoms with Crippen molar-refractivity contribution >= 4 is 33.4 Å². The molecule has 1 aromatic rings. The van der Waals surface area contributed by atoms with Gasteiger partial charge in [-0.2, -0.15) is 11.8 Å². The second-order valence-corrected chi connectivity index (χ2v) is 5.19. The first-order valence-corrected chi connectivity index (χ1v) is 7.28. The number of aryl methyl sites for hydroxylation is 1. The van der Waals surface area contributed by atoms with Gasteiger partial charge in [0, 0.05) is 6.54 Å². The van der Waals surface area contributed by atoms with Crippen molar-refractivity contribution in [2.75, 3.05) is 23.9 Å². The zero-order valence-electron chi connectivity index (χ0n) is 9.22. The fraction of sp³-hybridized carbons (Fsp3) is 0.545. The maximum atomic E-state index is 4.34. The van der Waals surface area contributed by atoms with Crippen LogP contribution in [0.15, 0.2) is 16.7 Å². The lowest BCUT2D eigenvalue weighted by molar-refractivity contribution is 0.841. The van der Waals surface area contributed by atoms with Crippen LogP contribution in [-0.2, 0) is 0 Å². The maximum absolute atomic E-state index is 4.34. The third kappa shape index (κ3) is 4.89. The van der Waals surface area contributed by atoms with Gasteiger partial charge in [-0.05, 0) is 59.8 Å². The molecule has 0 saturated carbocycles. The highest BCUT2D eigenvalue weighted by atomic mass is 79.9. The number of nitrogens with zero attached hydrogens (tertiary/aromatic N) is 1. The predicted octanol–water partition coefficient (Wildman–Crippen LogP) is 3.71. The van der Waals surface area contributed by atoms with Crippen molar-refractivity contribution in [3.8, 4) is 0 Å². The molecule has 0 amide bonds. The summed E-state index contributed by atoms with van der Waals surface area (Å²) >= 11 is 5.26. The van der Waals surface area contributed by atoms with E-state index in [1.807, 2.05) is 24.8 Å². The molecule has 1 aromatic heterocycles. The van der Waals surface area contributed by atoms with E-state index in [9.17, 15) is 0 Å². The van der Waals surface area contributed by atoms with E-state index in [1.165, 1.54) is 18.6 Å². The number of unbranched alkanes of at least 4 members (excludes halogenated alkanes) is 1. The van der Waals surface area contributed by atoms with E-state index in [1.54, 1.807) is 0 Å². The molecule has 1 N–H and O–H groups in total. The average molecular weight is 289 g/mol. The van der Waals surface area contributed by atoms with E-state index >= 15 is 0 Å². The maximum Gasteiger partial charge on any atom is 0.106 e. The zero-order valence-corrected chi connectivity index (χ0v) is 11.6. The second-order valence-electron chi connectivity index (χ2n) is 3.39. The molecule has 0 spiro atoms. The van der Waals surface area contributed by atoms with Crippen LogP contribution in [0.5, 0.6) is 0 Å². The van der Waals surface area contributed by atoms with E-state index in [-0.39, 0.29) is 0 Å². The van der Waals surface area contributed by atoms with Crippen molar-refractivity contribution < 1.29 is 0 Å². The summed E-state index contributed by atoms with van der Waals surface area (Å²) in [6.45, 7) is 3.06. The van der Waals surface area contributed by atoms with Crippen LogP contribution in [0.3, 0.4) is 0 Å². The Morgan fingerprint density at radius 1 is 1.40 bits per heavy atom. The van der Waals surface area contributed by atoms with Crippen LogP contribution in [0.25, 0.3) is 0 Å². The molecule has 2 nitrogen and oxygen atoms in total. The van der Waals surface area contributed by atoms with Crippen molar-refractivity contribution in [2.24, 2.45) is 0 Å². The van der Waals surface area contributed by atoms with Crippen molar-refractivity contribution in [1.29, 1.82) is 0 Å². The summed E-state index contributed by atoms with van der Waals surface area (Å²) in [5.41, 5.74) is 2.19. The smallest absolute Gasteiger partial charge is 0.106 e. The van der Waals surface area contributed by atoms with Gasteiger partial charge in [0.05, 0.1) is 11.4 Å². The Labute approximate surface area is 104 Å². The lowest BCUT2D eigenvalue weighted by Gasteiger charge is -2.08. The van der Waals surface area contributed by atoms with Gasteiger partial charge in [0.1, 0.15) is 4.60 Å². The molecule has 0 unspecified atom stereocenters. The molecule has 1 heterocycles. The molecule has 0 fully saturated rings. The standard InChI is InChI=1S/C11H17BrN2S/c1-9-10(5-6-11(12)14-9)13-7-3-4-8-15-2/h5-6,13H,3-4,7-8H2,1-2H3. The summed E-state index contributed by atoms with van der Waals surface area (Å²) in [5, 5.41) is 3.41. The highest BCUT2D eigenvalue weighted by Crippen LogP contribution is 2.16. The number of thioether (sulfide) groups is 1. The molecule has 84 valence electrons. The quantitative estimate of drug-likeness (QED) is 0.638. The predicted molar refractivity (Wildman–Crippen MR) is 72.8 cm³/mol. The number of rotatable bonds is 6. The minimum absolute atomic E-state index is 0.896. The molecule has 0 aliphatic rings. The number of pyridine rings is 1. The van der Waals surface area contributed by atoms with Gasteiger partial charge in [-0.25, -0.2) is 4.98 Å². The molecule has 0 radical (unpaired) electrons. The van der Waals surface area contributed by atoms with Gasteiger partial charge in [-0.3, -0.25) is 0 Å². The lowest BCUT2D eigenvalue weighted by Crippen LogP contribution is -2.04. The van der Waals surface area contributed by atoms with E-state index in [4.69, 9.17) is 0 Å². The molecule has 4 heteroatoms. The molecule has 0 aromatic carbocycles. The molecule has 0 saturated heterocycles. The highest BCUT2D eigenvalue weighted by Gasteiger charge is 1.98. The van der Waals surface area contributed by atoms with Crippen molar-refractivity contribution in [3.63, 3.8) is 0 Å². The van der Waals surface area contributed by atoms with Gasteiger partial charge in [0.15, 0.2) is 0 Å². The summed E-state index contributed by atoms with van der Waals surface area (Å²) in [6.07, 6.45) is 4.64. The SMILES string of the molecule is CSCCCCNc1ccc(Br)nc1C. The number of halogens is 1. The lowest BCUT2D eigenvalue weighted by atomic mass is 10.3. The Balaban J connectivity index is 2.31. The number of anilines is 1.